The second-order valence-corrected chi connectivity index (χ2v) is 4.81. The number of esters is 1. The average Bonchev–Trinajstić information content (AvgIpc) is 2.31. The Morgan fingerprint density at radius 1 is 1.42 bits per heavy atom. The lowest BCUT2D eigenvalue weighted by molar-refractivity contribution is -0.147. The first-order valence-electron chi connectivity index (χ1n) is 5.69. The highest BCUT2D eigenvalue weighted by Crippen LogP contribution is 2.19. The molecule has 0 aliphatic heterocycles. The molecule has 0 spiro atoms. The van der Waals surface area contributed by atoms with Crippen molar-refractivity contribution < 1.29 is 14.3 Å². The fourth-order valence-electron chi connectivity index (χ4n) is 1.25. The number of hydrogen-bond donors (Lipinski definition) is 1. The van der Waals surface area contributed by atoms with Crippen molar-refractivity contribution in [3.05, 3.63) is 28.0 Å². The average molecular weight is 305 g/mol. The predicted octanol–water partition coefficient (Wildman–Crippen LogP) is 2.46. The molecule has 0 fully saturated rings. The van der Waals surface area contributed by atoms with Crippen molar-refractivity contribution in [1.82, 2.24) is 10.3 Å². The Morgan fingerprint density at radius 2 is 2.11 bits per heavy atom. The molecule has 0 atom stereocenters. The van der Waals surface area contributed by atoms with Crippen LogP contribution in [0.25, 0.3) is 0 Å². The first-order chi connectivity index (χ1) is 8.90. The van der Waals surface area contributed by atoms with Crippen molar-refractivity contribution in [3.63, 3.8) is 0 Å². The second-order valence-electron chi connectivity index (χ2n) is 4.04. The summed E-state index contributed by atoms with van der Waals surface area (Å²) in [4.78, 5) is 26.7. The Hall–Kier alpha value is -1.33. The van der Waals surface area contributed by atoms with Gasteiger partial charge in [-0.05, 0) is 19.9 Å². The monoisotopic (exact) mass is 304 g/mol. The normalized spacial score (nSPS) is 10.4. The van der Waals surface area contributed by atoms with Crippen LogP contribution in [0.1, 0.15) is 30.6 Å². The molecule has 1 aromatic rings. The van der Waals surface area contributed by atoms with E-state index in [9.17, 15) is 9.59 Å². The van der Waals surface area contributed by atoms with Crippen molar-refractivity contribution in [2.45, 2.75) is 26.4 Å². The smallest absolute Gasteiger partial charge is 0.307 e. The quantitative estimate of drug-likeness (QED) is 0.670. The van der Waals surface area contributed by atoms with Gasteiger partial charge in [0.25, 0.3) is 5.91 Å². The highest BCUT2D eigenvalue weighted by atomic mass is 35.5. The largest absolute Gasteiger partial charge is 0.463 e. The van der Waals surface area contributed by atoms with Gasteiger partial charge in [-0.3, -0.25) is 9.59 Å². The fourth-order valence-corrected chi connectivity index (χ4v) is 1.52. The zero-order valence-corrected chi connectivity index (χ0v) is 12.1. The van der Waals surface area contributed by atoms with E-state index in [-0.39, 0.29) is 46.7 Å². The van der Waals surface area contributed by atoms with Crippen LogP contribution in [0.2, 0.25) is 10.2 Å². The number of carbonyl (C=O) groups excluding carboxylic acids is 2. The molecule has 1 rings (SSSR count). The van der Waals surface area contributed by atoms with Gasteiger partial charge in [0.05, 0.1) is 23.1 Å². The summed E-state index contributed by atoms with van der Waals surface area (Å²) in [6.07, 6.45) is 1.26. The lowest BCUT2D eigenvalue weighted by atomic mass is 10.2. The van der Waals surface area contributed by atoms with Crippen molar-refractivity contribution in [1.29, 1.82) is 0 Å². The van der Waals surface area contributed by atoms with Gasteiger partial charge < -0.3 is 10.1 Å². The fraction of sp³-hybridized carbons (Fsp3) is 0.417. The molecular weight excluding hydrogens is 291 g/mol. The third kappa shape index (κ3) is 5.44. The molecule has 0 saturated carbocycles. The number of pyridine rings is 1. The van der Waals surface area contributed by atoms with Gasteiger partial charge in [-0.25, -0.2) is 4.98 Å². The number of aromatic nitrogens is 1. The SMILES string of the molecule is CC(C)OC(=O)CCNC(=O)c1cnc(Cl)c(Cl)c1. The summed E-state index contributed by atoms with van der Waals surface area (Å²) in [6, 6.07) is 1.42. The molecule has 1 heterocycles. The molecule has 104 valence electrons. The molecule has 5 nitrogen and oxygen atoms in total. The molecule has 0 aromatic carbocycles. The Morgan fingerprint density at radius 3 is 2.68 bits per heavy atom. The number of amides is 1. The third-order valence-corrected chi connectivity index (χ3v) is 2.73. The van der Waals surface area contributed by atoms with Gasteiger partial charge >= 0.3 is 5.97 Å². The molecule has 0 saturated heterocycles. The minimum atomic E-state index is -0.372. The summed E-state index contributed by atoms with van der Waals surface area (Å²) >= 11 is 11.4. The summed E-state index contributed by atoms with van der Waals surface area (Å²) in [5.41, 5.74) is 0.284. The Bertz CT molecular complexity index is 478. The van der Waals surface area contributed by atoms with E-state index in [0.717, 1.165) is 0 Å². The predicted molar refractivity (Wildman–Crippen MR) is 72.4 cm³/mol. The standard InChI is InChI=1S/C12H14Cl2N2O3/c1-7(2)19-10(17)3-4-15-12(18)8-5-9(13)11(14)16-6-8/h5-7H,3-4H2,1-2H3,(H,15,18). The Balaban J connectivity index is 2.43. The highest BCUT2D eigenvalue weighted by Gasteiger charge is 2.10. The Labute approximate surface area is 121 Å². The van der Waals surface area contributed by atoms with Gasteiger partial charge in [0.1, 0.15) is 5.15 Å². The molecular formula is C12H14Cl2N2O3. The molecule has 19 heavy (non-hydrogen) atoms. The molecule has 0 aliphatic rings. The Kier molecular flexibility index (Phi) is 6.05. The van der Waals surface area contributed by atoms with Crippen molar-refractivity contribution in [2.24, 2.45) is 0 Å². The maximum absolute atomic E-state index is 11.7. The first kappa shape index (κ1) is 15.7. The van der Waals surface area contributed by atoms with Crippen molar-refractivity contribution >= 4 is 35.1 Å². The minimum absolute atomic E-state index is 0.110. The molecule has 0 bridgehead atoms. The highest BCUT2D eigenvalue weighted by molar-refractivity contribution is 6.41. The molecule has 0 unspecified atom stereocenters. The number of nitrogens with one attached hydrogen (secondary N) is 1. The van der Waals surface area contributed by atoms with Crippen LogP contribution in [0.4, 0.5) is 0 Å². The minimum Gasteiger partial charge on any atom is -0.463 e. The molecule has 0 aliphatic carbocycles. The van der Waals surface area contributed by atoms with Crippen molar-refractivity contribution in [3.8, 4) is 0 Å². The van der Waals surface area contributed by atoms with Crippen molar-refractivity contribution in [2.75, 3.05) is 6.54 Å². The van der Waals surface area contributed by atoms with Crippen LogP contribution in [0.5, 0.6) is 0 Å². The van der Waals surface area contributed by atoms with Crippen LogP contribution in [-0.2, 0) is 9.53 Å². The van der Waals surface area contributed by atoms with E-state index >= 15 is 0 Å². The molecule has 1 aromatic heterocycles. The molecule has 0 radical (unpaired) electrons. The number of rotatable bonds is 5. The number of carbonyl (C=O) groups is 2. The lowest BCUT2D eigenvalue weighted by Crippen LogP contribution is -2.27. The van der Waals surface area contributed by atoms with E-state index in [1.165, 1.54) is 12.3 Å². The number of hydrogen-bond acceptors (Lipinski definition) is 4. The van der Waals surface area contributed by atoms with Gasteiger partial charge in [-0.1, -0.05) is 23.2 Å². The van der Waals surface area contributed by atoms with Gasteiger partial charge in [0.2, 0.25) is 0 Å². The summed E-state index contributed by atoms with van der Waals surface area (Å²) in [6.45, 7) is 3.71. The van der Waals surface area contributed by atoms with Gasteiger partial charge in [0.15, 0.2) is 0 Å². The topological polar surface area (TPSA) is 68.3 Å². The van der Waals surface area contributed by atoms with Crippen LogP contribution in [-0.4, -0.2) is 29.5 Å². The van der Waals surface area contributed by atoms with Crippen LogP contribution in [0, 0.1) is 0 Å². The summed E-state index contributed by atoms with van der Waals surface area (Å²) in [5, 5.41) is 2.91. The first-order valence-corrected chi connectivity index (χ1v) is 6.44. The van der Waals surface area contributed by atoms with E-state index in [4.69, 9.17) is 27.9 Å². The third-order valence-electron chi connectivity index (χ3n) is 2.04. The second kappa shape index (κ2) is 7.31. The number of nitrogens with zero attached hydrogens (tertiary/aromatic N) is 1. The van der Waals surface area contributed by atoms with E-state index in [2.05, 4.69) is 10.3 Å². The van der Waals surface area contributed by atoms with Crippen LogP contribution in [0.3, 0.4) is 0 Å². The van der Waals surface area contributed by atoms with Crippen LogP contribution < -0.4 is 5.32 Å². The van der Waals surface area contributed by atoms with E-state index < -0.39 is 0 Å². The van der Waals surface area contributed by atoms with E-state index in [0.29, 0.717) is 0 Å². The van der Waals surface area contributed by atoms with Crippen LogP contribution >= 0.6 is 23.2 Å². The summed E-state index contributed by atoms with van der Waals surface area (Å²) < 4.78 is 4.93. The zero-order valence-electron chi connectivity index (χ0n) is 10.6. The number of halogens is 2. The lowest BCUT2D eigenvalue weighted by Gasteiger charge is -2.08. The summed E-state index contributed by atoms with van der Waals surface area (Å²) in [5.74, 6) is -0.731. The van der Waals surface area contributed by atoms with E-state index in [1.807, 2.05) is 0 Å². The molecule has 1 amide bonds. The summed E-state index contributed by atoms with van der Waals surface area (Å²) in [7, 11) is 0. The van der Waals surface area contributed by atoms with Gasteiger partial charge in [-0.2, -0.15) is 0 Å². The van der Waals surface area contributed by atoms with Gasteiger partial charge in [0, 0.05) is 12.7 Å². The van der Waals surface area contributed by atoms with Crippen LogP contribution in [0.15, 0.2) is 12.3 Å². The van der Waals surface area contributed by atoms with Gasteiger partial charge in [-0.15, -0.1) is 0 Å². The maximum atomic E-state index is 11.7. The molecule has 1 N–H and O–H groups in total. The van der Waals surface area contributed by atoms with E-state index in [1.54, 1.807) is 13.8 Å². The zero-order chi connectivity index (χ0) is 14.4. The molecule has 7 heteroatoms. The maximum Gasteiger partial charge on any atom is 0.307 e. The number of ether oxygens (including phenoxy) is 1.